The lowest BCUT2D eigenvalue weighted by Crippen LogP contribution is -2.25. The summed E-state index contributed by atoms with van der Waals surface area (Å²) in [5.74, 6) is 0.622. The number of ether oxygens (including phenoxy) is 1. The van der Waals surface area contributed by atoms with Gasteiger partial charge in [-0.05, 0) is 25.0 Å². The number of imidazole rings is 1. The first-order chi connectivity index (χ1) is 10.8. The fourth-order valence-electron chi connectivity index (χ4n) is 1.89. The summed E-state index contributed by atoms with van der Waals surface area (Å²) in [7, 11) is 0. The molecular formula is C16H22N4O2. The number of hydrogen-bond donors (Lipinski definition) is 1. The Hall–Kier alpha value is -2.21. The van der Waals surface area contributed by atoms with Gasteiger partial charge in [0.25, 0.3) is 5.91 Å². The summed E-state index contributed by atoms with van der Waals surface area (Å²) in [6.45, 7) is 4.21. The zero-order chi connectivity index (χ0) is 15.6. The highest BCUT2D eigenvalue weighted by Crippen LogP contribution is 2.05. The molecule has 22 heavy (non-hydrogen) atoms. The van der Waals surface area contributed by atoms with Gasteiger partial charge in [0.1, 0.15) is 12.1 Å². The number of carbonyl (C=O) groups excluding carboxylic acids is 1. The fraction of sp³-hybridized carbons (Fsp3) is 0.438. The first-order valence-electron chi connectivity index (χ1n) is 7.61. The van der Waals surface area contributed by atoms with Crippen LogP contribution in [0.25, 0.3) is 5.82 Å². The SMILES string of the molecule is CCCCOCCCNC(=O)c1ccc(-n2ccnc2)nc1. The third kappa shape index (κ3) is 4.96. The van der Waals surface area contributed by atoms with Crippen molar-refractivity contribution < 1.29 is 9.53 Å². The van der Waals surface area contributed by atoms with E-state index in [-0.39, 0.29) is 5.91 Å². The van der Waals surface area contributed by atoms with Crippen LogP contribution in [-0.2, 0) is 4.74 Å². The van der Waals surface area contributed by atoms with Gasteiger partial charge in [-0.3, -0.25) is 9.36 Å². The number of rotatable bonds is 9. The molecule has 6 nitrogen and oxygen atoms in total. The fourth-order valence-corrected chi connectivity index (χ4v) is 1.89. The van der Waals surface area contributed by atoms with E-state index in [1.807, 2.05) is 0 Å². The highest BCUT2D eigenvalue weighted by atomic mass is 16.5. The molecule has 0 aliphatic rings. The quantitative estimate of drug-likeness (QED) is 0.721. The number of aromatic nitrogens is 3. The molecule has 0 bridgehead atoms. The molecule has 2 rings (SSSR count). The van der Waals surface area contributed by atoms with Crippen LogP contribution in [0, 0.1) is 0 Å². The zero-order valence-electron chi connectivity index (χ0n) is 12.9. The average molecular weight is 302 g/mol. The molecule has 1 N–H and O–H groups in total. The zero-order valence-corrected chi connectivity index (χ0v) is 12.9. The van der Waals surface area contributed by atoms with Gasteiger partial charge in [0, 0.05) is 38.3 Å². The molecule has 0 radical (unpaired) electrons. The molecule has 1 amide bonds. The molecule has 0 saturated carbocycles. The second-order valence-corrected chi connectivity index (χ2v) is 4.95. The summed E-state index contributed by atoms with van der Waals surface area (Å²) >= 11 is 0. The molecule has 0 saturated heterocycles. The predicted molar refractivity (Wildman–Crippen MR) is 84.0 cm³/mol. The second kappa shape index (κ2) is 8.94. The maximum absolute atomic E-state index is 12.0. The minimum atomic E-state index is -0.113. The molecule has 2 aromatic rings. The normalized spacial score (nSPS) is 10.6. The second-order valence-electron chi connectivity index (χ2n) is 4.95. The van der Waals surface area contributed by atoms with E-state index >= 15 is 0 Å². The summed E-state index contributed by atoms with van der Waals surface area (Å²) in [5, 5.41) is 2.87. The minimum Gasteiger partial charge on any atom is -0.381 e. The molecule has 0 atom stereocenters. The Balaban J connectivity index is 1.71. The van der Waals surface area contributed by atoms with Crippen LogP contribution >= 0.6 is 0 Å². The van der Waals surface area contributed by atoms with Crippen LogP contribution in [0.1, 0.15) is 36.5 Å². The molecule has 0 aliphatic heterocycles. The van der Waals surface area contributed by atoms with Crippen molar-refractivity contribution >= 4 is 5.91 Å². The van der Waals surface area contributed by atoms with Gasteiger partial charge in [-0.15, -0.1) is 0 Å². The Bertz CT molecular complexity index is 552. The number of nitrogens with zero attached hydrogens (tertiary/aromatic N) is 3. The smallest absolute Gasteiger partial charge is 0.252 e. The van der Waals surface area contributed by atoms with E-state index in [0.717, 1.165) is 31.7 Å². The first kappa shape index (κ1) is 16.2. The first-order valence-corrected chi connectivity index (χ1v) is 7.61. The van der Waals surface area contributed by atoms with Crippen molar-refractivity contribution in [3.8, 4) is 5.82 Å². The van der Waals surface area contributed by atoms with Crippen LogP contribution in [0.4, 0.5) is 0 Å². The van der Waals surface area contributed by atoms with E-state index in [1.165, 1.54) is 0 Å². The van der Waals surface area contributed by atoms with Crippen molar-refractivity contribution in [1.29, 1.82) is 0 Å². The maximum Gasteiger partial charge on any atom is 0.252 e. The van der Waals surface area contributed by atoms with Gasteiger partial charge >= 0.3 is 0 Å². The van der Waals surface area contributed by atoms with Crippen LogP contribution in [0.15, 0.2) is 37.1 Å². The molecule has 2 aromatic heterocycles. The summed E-state index contributed by atoms with van der Waals surface area (Å²) < 4.78 is 7.23. The Morgan fingerprint density at radius 2 is 2.18 bits per heavy atom. The maximum atomic E-state index is 12.0. The summed E-state index contributed by atoms with van der Waals surface area (Å²) in [6.07, 6.45) is 9.77. The van der Waals surface area contributed by atoms with Crippen molar-refractivity contribution in [2.24, 2.45) is 0 Å². The monoisotopic (exact) mass is 302 g/mol. The molecule has 0 aromatic carbocycles. The Morgan fingerprint density at radius 1 is 1.32 bits per heavy atom. The molecular weight excluding hydrogens is 280 g/mol. The van der Waals surface area contributed by atoms with Crippen molar-refractivity contribution in [3.05, 3.63) is 42.6 Å². The number of pyridine rings is 1. The summed E-state index contributed by atoms with van der Waals surface area (Å²) in [6, 6.07) is 3.56. The van der Waals surface area contributed by atoms with Gasteiger partial charge in [-0.1, -0.05) is 13.3 Å². The average Bonchev–Trinajstić information content (AvgIpc) is 3.08. The van der Waals surface area contributed by atoms with E-state index in [4.69, 9.17) is 4.74 Å². The Kier molecular flexibility index (Phi) is 6.57. The molecule has 2 heterocycles. The van der Waals surface area contributed by atoms with Crippen molar-refractivity contribution in [3.63, 3.8) is 0 Å². The Morgan fingerprint density at radius 3 is 2.86 bits per heavy atom. The van der Waals surface area contributed by atoms with Gasteiger partial charge < -0.3 is 10.1 Å². The van der Waals surface area contributed by atoms with Gasteiger partial charge in [0.15, 0.2) is 0 Å². The van der Waals surface area contributed by atoms with Gasteiger partial charge in [-0.2, -0.15) is 0 Å². The van der Waals surface area contributed by atoms with E-state index in [0.29, 0.717) is 18.7 Å². The molecule has 0 fully saturated rings. The van der Waals surface area contributed by atoms with Gasteiger partial charge in [0.2, 0.25) is 0 Å². The van der Waals surface area contributed by atoms with Gasteiger partial charge in [-0.25, -0.2) is 9.97 Å². The van der Waals surface area contributed by atoms with Crippen LogP contribution in [0.2, 0.25) is 0 Å². The van der Waals surface area contributed by atoms with Crippen LogP contribution in [-0.4, -0.2) is 40.2 Å². The standard InChI is InChI=1S/C16H22N4O2/c1-2-3-10-22-11-4-7-18-16(21)14-5-6-15(19-12-14)20-9-8-17-13-20/h5-6,8-9,12-13H,2-4,7,10-11H2,1H3,(H,18,21). The Labute approximate surface area is 130 Å². The third-order valence-corrected chi connectivity index (χ3v) is 3.17. The highest BCUT2D eigenvalue weighted by Gasteiger charge is 2.06. The number of hydrogen-bond acceptors (Lipinski definition) is 4. The number of nitrogens with one attached hydrogen (secondary N) is 1. The molecule has 0 aliphatic carbocycles. The van der Waals surface area contributed by atoms with Crippen LogP contribution in [0.5, 0.6) is 0 Å². The minimum absolute atomic E-state index is 0.113. The molecule has 0 spiro atoms. The van der Waals surface area contributed by atoms with E-state index in [1.54, 1.807) is 41.6 Å². The van der Waals surface area contributed by atoms with E-state index in [9.17, 15) is 4.79 Å². The van der Waals surface area contributed by atoms with Crippen LogP contribution < -0.4 is 5.32 Å². The van der Waals surface area contributed by atoms with Crippen LogP contribution in [0.3, 0.4) is 0 Å². The van der Waals surface area contributed by atoms with Crippen molar-refractivity contribution in [2.45, 2.75) is 26.2 Å². The number of carbonyl (C=O) groups is 1. The lowest BCUT2D eigenvalue weighted by molar-refractivity contribution is 0.0940. The summed E-state index contributed by atoms with van der Waals surface area (Å²) in [4.78, 5) is 20.2. The van der Waals surface area contributed by atoms with E-state index in [2.05, 4.69) is 22.2 Å². The van der Waals surface area contributed by atoms with Gasteiger partial charge in [0.05, 0.1) is 5.56 Å². The van der Waals surface area contributed by atoms with Crippen molar-refractivity contribution in [2.75, 3.05) is 19.8 Å². The van der Waals surface area contributed by atoms with Crippen molar-refractivity contribution in [1.82, 2.24) is 19.9 Å². The molecule has 0 unspecified atom stereocenters. The third-order valence-electron chi connectivity index (χ3n) is 3.17. The summed E-state index contributed by atoms with van der Waals surface area (Å²) in [5.41, 5.74) is 0.552. The highest BCUT2D eigenvalue weighted by molar-refractivity contribution is 5.93. The van der Waals surface area contributed by atoms with E-state index < -0.39 is 0 Å². The lowest BCUT2D eigenvalue weighted by atomic mass is 10.2. The predicted octanol–water partition coefficient (Wildman–Crippen LogP) is 2.20. The largest absolute Gasteiger partial charge is 0.381 e. The number of amides is 1. The molecule has 118 valence electrons. The lowest BCUT2D eigenvalue weighted by Gasteiger charge is -2.07. The number of unbranched alkanes of at least 4 members (excludes halogenated alkanes) is 1. The molecule has 6 heteroatoms. The topological polar surface area (TPSA) is 69.0 Å².